The fourth-order valence-electron chi connectivity index (χ4n) is 2.65. The number of nitrogens with zero attached hydrogens (tertiary/aromatic N) is 3. The Morgan fingerprint density at radius 1 is 1.40 bits per heavy atom. The number of nitrogens with one attached hydrogen (secondary N) is 1. The molecule has 2 N–H and O–H groups in total. The van der Waals surface area contributed by atoms with Crippen molar-refractivity contribution in [1.82, 2.24) is 19.8 Å². The normalized spacial score (nSPS) is 16.8. The SMILES string of the molecule is CN(CC1(N(C)C)CCC1)C(=O)c1nc[nH]c1C(=O)O. The average Bonchev–Trinajstić information content (AvgIpc) is 2.81. The zero-order valence-corrected chi connectivity index (χ0v) is 12.0. The highest BCUT2D eigenvalue weighted by Crippen LogP contribution is 2.36. The summed E-state index contributed by atoms with van der Waals surface area (Å²) in [6.45, 7) is 0.574. The molecule has 7 nitrogen and oxygen atoms in total. The second-order valence-corrected chi connectivity index (χ2v) is 5.56. The van der Waals surface area contributed by atoms with E-state index in [0.717, 1.165) is 19.3 Å². The molecule has 0 aromatic carbocycles. The van der Waals surface area contributed by atoms with Crippen molar-refractivity contribution in [2.24, 2.45) is 0 Å². The van der Waals surface area contributed by atoms with Crippen molar-refractivity contribution in [1.29, 1.82) is 0 Å². The standard InChI is InChI=1S/C13H20N4O3/c1-16(2)13(5-4-6-13)7-17(3)11(18)9-10(12(19)20)15-8-14-9/h8H,4-7H2,1-3H3,(H,14,15)(H,19,20). The Balaban J connectivity index is 2.13. The molecule has 7 heteroatoms. The van der Waals surface area contributed by atoms with Crippen LogP contribution < -0.4 is 0 Å². The highest BCUT2D eigenvalue weighted by molar-refractivity contribution is 6.02. The second kappa shape index (κ2) is 5.24. The minimum absolute atomic E-state index is 0.00407. The maximum Gasteiger partial charge on any atom is 0.354 e. The van der Waals surface area contributed by atoms with Crippen molar-refractivity contribution in [2.45, 2.75) is 24.8 Å². The lowest BCUT2D eigenvalue weighted by molar-refractivity contribution is 0.0249. The lowest BCUT2D eigenvalue weighted by Crippen LogP contribution is -2.57. The molecule has 1 aliphatic rings. The first-order valence-corrected chi connectivity index (χ1v) is 6.57. The fourth-order valence-corrected chi connectivity index (χ4v) is 2.65. The van der Waals surface area contributed by atoms with E-state index in [-0.39, 0.29) is 22.8 Å². The Morgan fingerprint density at radius 3 is 2.50 bits per heavy atom. The van der Waals surface area contributed by atoms with Crippen LogP contribution in [-0.4, -0.2) is 70.0 Å². The van der Waals surface area contributed by atoms with Gasteiger partial charge in [-0.25, -0.2) is 9.78 Å². The fraction of sp³-hybridized carbons (Fsp3) is 0.615. The van der Waals surface area contributed by atoms with Crippen LogP contribution in [0.3, 0.4) is 0 Å². The molecule has 2 rings (SSSR count). The number of likely N-dealkylation sites (N-methyl/N-ethyl adjacent to an activating group) is 2. The molecule has 0 aliphatic heterocycles. The second-order valence-electron chi connectivity index (χ2n) is 5.56. The monoisotopic (exact) mass is 280 g/mol. The molecule has 0 unspecified atom stereocenters. The summed E-state index contributed by atoms with van der Waals surface area (Å²) >= 11 is 0. The van der Waals surface area contributed by atoms with E-state index in [1.807, 2.05) is 14.1 Å². The number of hydrogen-bond acceptors (Lipinski definition) is 4. The molecular weight excluding hydrogens is 260 g/mol. The number of carbonyl (C=O) groups is 2. The van der Waals surface area contributed by atoms with Crippen LogP contribution in [0.5, 0.6) is 0 Å². The summed E-state index contributed by atoms with van der Waals surface area (Å²) < 4.78 is 0. The lowest BCUT2D eigenvalue weighted by Gasteiger charge is -2.49. The number of carboxylic acids is 1. The molecule has 1 fully saturated rings. The van der Waals surface area contributed by atoms with E-state index in [9.17, 15) is 9.59 Å². The maximum absolute atomic E-state index is 12.3. The summed E-state index contributed by atoms with van der Waals surface area (Å²) in [6, 6.07) is 0. The summed E-state index contributed by atoms with van der Waals surface area (Å²) in [5.41, 5.74) is -0.188. The van der Waals surface area contributed by atoms with Gasteiger partial charge >= 0.3 is 5.97 Å². The summed E-state index contributed by atoms with van der Waals surface area (Å²) in [5, 5.41) is 9.01. The van der Waals surface area contributed by atoms with Crippen molar-refractivity contribution < 1.29 is 14.7 Å². The van der Waals surface area contributed by atoms with E-state index in [1.54, 1.807) is 11.9 Å². The molecule has 1 aromatic heterocycles. The number of H-pyrrole nitrogens is 1. The van der Waals surface area contributed by atoms with Crippen LogP contribution in [-0.2, 0) is 0 Å². The molecule has 1 aliphatic carbocycles. The Morgan fingerprint density at radius 2 is 2.05 bits per heavy atom. The van der Waals surface area contributed by atoms with E-state index in [0.29, 0.717) is 6.54 Å². The smallest absolute Gasteiger partial charge is 0.354 e. The molecule has 0 radical (unpaired) electrons. The first-order valence-electron chi connectivity index (χ1n) is 6.57. The Labute approximate surface area is 117 Å². The van der Waals surface area contributed by atoms with Crippen LogP contribution in [0, 0.1) is 0 Å². The minimum Gasteiger partial charge on any atom is -0.477 e. The molecule has 110 valence electrons. The number of aromatic carboxylic acids is 1. The van der Waals surface area contributed by atoms with Gasteiger partial charge in [-0.05, 0) is 33.4 Å². The molecule has 1 heterocycles. The van der Waals surface area contributed by atoms with Crippen molar-refractivity contribution in [3.8, 4) is 0 Å². The van der Waals surface area contributed by atoms with Crippen LogP contribution >= 0.6 is 0 Å². The van der Waals surface area contributed by atoms with E-state index >= 15 is 0 Å². The number of carboxylic acid groups (broad SMARTS) is 1. The van der Waals surface area contributed by atoms with Gasteiger partial charge in [0.05, 0.1) is 6.33 Å². The third-order valence-corrected chi connectivity index (χ3v) is 4.17. The number of imidazole rings is 1. The van der Waals surface area contributed by atoms with Crippen molar-refractivity contribution >= 4 is 11.9 Å². The van der Waals surface area contributed by atoms with Gasteiger partial charge in [-0.15, -0.1) is 0 Å². The van der Waals surface area contributed by atoms with Crippen LogP contribution in [0.15, 0.2) is 6.33 Å². The first-order chi connectivity index (χ1) is 9.37. The molecule has 0 atom stereocenters. The summed E-state index contributed by atoms with van der Waals surface area (Å²) in [4.78, 5) is 33.4. The molecule has 0 spiro atoms. The Hall–Kier alpha value is -1.89. The molecular formula is C13H20N4O3. The predicted octanol–water partition coefficient (Wildman–Crippen LogP) is 0.664. The first kappa shape index (κ1) is 14.5. The van der Waals surface area contributed by atoms with Gasteiger partial charge in [0, 0.05) is 19.1 Å². The van der Waals surface area contributed by atoms with Crippen molar-refractivity contribution in [3.63, 3.8) is 0 Å². The number of rotatable bonds is 5. The van der Waals surface area contributed by atoms with Crippen LogP contribution in [0.4, 0.5) is 0 Å². The topological polar surface area (TPSA) is 89.5 Å². The average molecular weight is 280 g/mol. The quantitative estimate of drug-likeness (QED) is 0.827. The van der Waals surface area contributed by atoms with Gasteiger partial charge in [0.25, 0.3) is 5.91 Å². The molecule has 0 bridgehead atoms. The van der Waals surface area contributed by atoms with Crippen molar-refractivity contribution in [3.05, 3.63) is 17.7 Å². The number of carbonyl (C=O) groups excluding carboxylic acids is 1. The van der Waals surface area contributed by atoms with Gasteiger partial charge in [-0.3, -0.25) is 4.79 Å². The Bertz CT molecular complexity index is 519. The van der Waals surface area contributed by atoms with Gasteiger partial charge in [0.2, 0.25) is 0 Å². The highest BCUT2D eigenvalue weighted by Gasteiger charge is 2.41. The van der Waals surface area contributed by atoms with E-state index < -0.39 is 5.97 Å². The van der Waals surface area contributed by atoms with Gasteiger partial charge in [-0.1, -0.05) is 0 Å². The molecule has 1 amide bonds. The highest BCUT2D eigenvalue weighted by atomic mass is 16.4. The van der Waals surface area contributed by atoms with E-state index in [4.69, 9.17) is 5.11 Å². The van der Waals surface area contributed by atoms with Gasteiger partial charge in [0.15, 0.2) is 11.4 Å². The number of hydrogen-bond donors (Lipinski definition) is 2. The third-order valence-electron chi connectivity index (χ3n) is 4.17. The lowest BCUT2D eigenvalue weighted by atomic mass is 9.75. The molecule has 0 saturated heterocycles. The van der Waals surface area contributed by atoms with E-state index in [1.165, 1.54) is 6.33 Å². The van der Waals surface area contributed by atoms with Crippen LogP contribution in [0.25, 0.3) is 0 Å². The summed E-state index contributed by atoms with van der Waals surface area (Å²) in [7, 11) is 5.70. The maximum atomic E-state index is 12.3. The van der Waals surface area contributed by atoms with Gasteiger partial charge in [-0.2, -0.15) is 0 Å². The van der Waals surface area contributed by atoms with Gasteiger partial charge < -0.3 is 19.9 Å². The molecule has 1 saturated carbocycles. The van der Waals surface area contributed by atoms with Crippen LogP contribution in [0.2, 0.25) is 0 Å². The zero-order chi connectivity index (χ0) is 14.9. The number of aromatic amines is 1. The largest absolute Gasteiger partial charge is 0.477 e. The predicted molar refractivity (Wildman–Crippen MR) is 72.8 cm³/mol. The zero-order valence-electron chi connectivity index (χ0n) is 12.0. The minimum atomic E-state index is -1.18. The third kappa shape index (κ3) is 2.40. The number of amides is 1. The number of aromatic nitrogens is 2. The summed E-state index contributed by atoms with van der Waals surface area (Å²) in [5.74, 6) is -1.54. The van der Waals surface area contributed by atoms with Crippen molar-refractivity contribution in [2.75, 3.05) is 27.7 Å². The van der Waals surface area contributed by atoms with Gasteiger partial charge in [0.1, 0.15) is 0 Å². The van der Waals surface area contributed by atoms with E-state index in [2.05, 4.69) is 14.9 Å². The summed E-state index contributed by atoms with van der Waals surface area (Å²) in [6.07, 6.45) is 4.48. The molecule has 20 heavy (non-hydrogen) atoms. The Kier molecular flexibility index (Phi) is 3.80. The molecule has 1 aromatic rings. The van der Waals surface area contributed by atoms with Crippen LogP contribution in [0.1, 0.15) is 40.2 Å².